The van der Waals surface area contributed by atoms with Crippen LogP contribution in [0.5, 0.6) is 0 Å². The lowest BCUT2D eigenvalue weighted by Gasteiger charge is -2.07. The van der Waals surface area contributed by atoms with Gasteiger partial charge < -0.3 is 0 Å². The van der Waals surface area contributed by atoms with Crippen molar-refractivity contribution in [2.24, 2.45) is 0 Å². The Morgan fingerprint density at radius 3 is 2.69 bits per heavy atom. The van der Waals surface area contributed by atoms with Crippen molar-refractivity contribution in [3.63, 3.8) is 0 Å². The molecule has 0 aliphatic heterocycles. The summed E-state index contributed by atoms with van der Waals surface area (Å²) in [6, 6.07) is 1.39. The Labute approximate surface area is 93.6 Å². The topological polar surface area (TPSA) is 12.9 Å². The third kappa shape index (κ3) is 2.49. The van der Waals surface area contributed by atoms with Crippen molar-refractivity contribution < 1.29 is 8.78 Å². The summed E-state index contributed by atoms with van der Waals surface area (Å²) >= 11 is 7.41. The van der Waals surface area contributed by atoms with Crippen LogP contribution in [0.1, 0.15) is 23.4 Å². The van der Waals surface area contributed by atoms with Crippen molar-refractivity contribution in [1.29, 1.82) is 0 Å². The first-order valence-corrected chi connectivity index (χ1v) is 5.17. The second-order valence-electron chi connectivity index (χ2n) is 2.55. The molecule has 0 radical (unpaired) electrons. The highest BCUT2D eigenvalue weighted by Crippen LogP contribution is 2.27. The number of hydrogen-bond acceptors (Lipinski definition) is 1. The normalized spacial score (nSPS) is 10.9. The zero-order chi connectivity index (χ0) is 10.0. The Balaban J connectivity index is 3.27. The zero-order valence-electron chi connectivity index (χ0n) is 6.82. The number of hydrogen-bond donors (Lipinski definition) is 0. The van der Waals surface area contributed by atoms with E-state index < -0.39 is 6.43 Å². The monoisotopic (exact) mass is 317 g/mol. The molecule has 0 saturated carbocycles. The second-order valence-corrected chi connectivity index (χ2v) is 3.89. The Morgan fingerprint density at radius 1 is 1.62 bits per heavy atom. The highest BCUT2D eigenvalue weighted by Gasteiger charge is 2.15. The van der Waals surface area contributed by atoms with E-state index in [0.717, 1.165) is 0 Å². The first-order valence-electron chi connectivity index (χ1n) is 3.56. The number of aromatic nitrogens is 1. The molecular weight excluding hydrogens is 310 g/mol. The van der Waals surface area contributed by atoms with E-state index in [1.807, 2.05) is 22.6 Å². The first-order chi connectivity index (χ1) is 6.06. The number of rotatable bonds is 2. The van der Waals surface area contributed by atoms with E-state index in [9.17, 15) is 8.78 Å². The number of aryl methyl sites for hydroxylation is 1. The number of pyridine rings is 1. The average Bonchev–Trinajstić information content (AvgIpc) is 2.08. The zero-order valence-corrected chi connectivity index (χ0v) is 9.73. The molecule has 0 aliphatic rings. The van der Waals surface area contributed by atoms with Gasteiger partial charge in [0.05, 0.1) is 11.6 Å². The molecule has 0 N–H and O–H groups in total. The van der Waals surface area contributed by atoms with Crippen molar-refractivity contribution in [2.75, 3.05) is 0 Å². The van der Waals surface area contributed by atoms with Crippen LogP contribution in [0.15, 0.2) is 6.07 Å². The molecule has 0 fully saturated rings. The van der Waals surface area contributed by atoms with Crippen molar-refractivity contribution >= 4 is 34.2 Å². The van der Waals surface area contributed by atoms with Crippen LogP contribution in [0.4, 0.5) is 8.78 Å². The van der Waals surface area contributed by atoms with E-state index >= 15 is 0 Å². The van der Waals surface area contributed by atoms with E-state index in [4.69, 9.17) is 11.6 Å². The maximum atomic E-state index is 12.4. The molecule has 1 rings (SSSR count). The van der Waals surface area contributed by atoms with Gasteiger partial charge in [0.1, 0.15) is 0 Å². The SMILES string of the molecule is Cc1cc(C(F)F)c(I)c(CCl)n1. The summed E-state index contributed by atoms with van der Waals surface area (Å²) in [5.74, 6) is 0.166. The summed E-state index contributed by atoms with van der Waals surface area (Å²) in [5.41, 5.74) is 1.12. The summed E-state index contributed by atoms with van der Waals surface area (Å²) in [7, 11) is 0. The summed E-state index contributed by atoms with van der Waals surface area (Å²) in [6.07, 6.45) is -2.46. The number of halogens is 4. The minimum absolute atomic E-state index is 0.0174. The Kier molecular flexibility index (Phi) is 3.85. The molecule has 0 atom stereocenters. The van der Waals surface area contributed by atoms with Crippen LogP contribution >= 0.6 is 34.2 Å². The lowest BCUT2D eigenvalue weighted by molar-refractivity contribution is 0.150. The van der Waals surface area contributed by atoms with Crippen molar-refractivity contribution in [3.05, 3.63) is 26.6 Å². The first kappa shape index (κ1) is 11.1. The van der Waals surface area contributed by atoms with Crippen molar-refractivity contribution in [1.82, 2.24) is 4.98 Å². The van der Waals surface area contributed by atoms with Crippen molar-refractivity contribution in [2.45, 2.75) is 19.2 Å². The summed E-state index contributed by atoms with van der Waals surface area (Å²) in [5, 5.41) is 0. The number of alkyl halides is 3. The molecule has 72 valence electrons. The minimum atomic E-state index is -2.46. The molecule has 0 amide bonds. The van der Waals surface area contributed by atoms with Crippen LogP contribution in [0.2, 0.25) is 0 Å². The molecule has 1 aromatic heterocycles. The molecule has 1 nitrogen and oxygen atoms in total. The highest BCUT2D eigenvalue weighted by atomic mass is 127. The second kappa shape index (κ2) is 4.50. The van der Waals surface area contributed by atoms with E-state index in [1.165, 1.54) is 6.07 Å². The molecule has 1 heterocycles. The molecule has 0 bridgehead atoms. The molecule has 1 aromatic rings. The fraction of sp³-hybridized carbons (Fsp3) is 0.375. The van der Waals surface area contributed by atoms with Gasteiger partial charge in [-0.2, -0.15) is 0 Å². The molecule has 0 aliphatic carbocycles. The molecule has 0 unspecified atom stereocenters. The average molecular weight is 318 g/mol. The van der Waals surface area contributed by atoms with Gasteiger partial charge in [-0.05, 0) is 35.6 Å². The smallest absolute Gasteiger partial charge is 0.256 e. The van der Waals surface area contributed by atoms with Crippen LogP contribution in [-0.4, -0.2) is 4.98 Å². The maximum absolute atomic E-state index is 12.4. The molecule has 0 saturated heterocycles. The van der Waals surface area contributed by atoms with Crippen LogP contribution < -0.4 is 0 Å². The lowest BCUT2D eigenvalue weighted by atomic mass is 10.2. The molecule has 5 heteroatoms. The fourth-order valence-corrected chi connectivity index (χ4v) is 2.12. The van der Waals surface area contributed by atoms with Gasteiger partial charge in [-0.1, -0.05) is 0 Å². The minimum Gasteiger partial charge on any atom is -0.256 e. The molecule has 0 spiro atoms. The van der Waals surface area contributed by atoms with Gasteiger partial charge >= 0.3 is 0 Å². The van der Waals surface area contributed by atoms with E-state index in [1.54, 1.807) is 6.92 Å². The quantitative estimate of drug-likeness (QED) is 0.599. The van der Waals surface area contributed by atoms with Gasteiger partial charge in [0.15, 0.2) is 0 Å². The van der Waals surface area contributed by atoms with Crippen LogP contribution in [0.25, 0.3) is 0 Å². The fourth-order valence-electron chi connectivity index (χ4n) is 0.997. The van der Waals surface area contributed by atoms with Gasteiger partial charge in [-0.25, -0.2) is 8.78 Å². The van der Waals surface area contributed by atoms with Gasteiger partial charge in [-0.3, -0.25) is 4.98 Å². The highest BCUT2D eigenvalue weighted by molar-refractivity contribution is 14.1. The lowest BCUT2D eigenvalue weighted by Crippen LogP contribution is -2.00. The third-order valence-corrected chi connectivity index (χ3v) is 3.04. The van der Waals surface area contributed by atoms with Gasteiger partial charge in [0, 0.05) is 14.8 Å². The summed E-state index contributed by atoms with van der Waals surface area (Å²) in [6.45, 7) is 1.68. The van der Waals surface area contributed by atoms with Crippen LogP contribution in [-0.2, 0) is 5.88 Å². The number of nitrogens with zero attached hydrogens (tertiary/aromatic N) is 1. The van der Waals surface area contributed by atoms with Crippen LogP contribution in [0.3, 0.4) is 0 Å². The Hall–Kier alpha value is 0.0300. The Bertz CT molecular complexity index is 317. The van der Waals surface area contributed by atoms with E-state index in [-0.39, 0.29) is 11.4 Å². The molecule has 13 heavy (non-hydrogen) atoms. The van der Waals surface area contributed by atoms with Gasteiger partial charge in [0.2, 0.25) is 0 Å². The van der Waals surface area contributed by atoms with Crippen molar-refractivity contribution in [3.8, 4) is 0 Å². The molecular formula is C8H7ClF2IN. The summed E-state index contributed by atoms with van der Waals surface area (Å²) < 4.78 is 25.4. The van der Waals surface area contributed by atoms with Crippen LogP contribution in [0, 0.1) is 10.5 Å². The van der Waals surface area contributed by atoms with Gasteiger partial charge in [0.25, 0.3) is 6.43 Å². The predicted molar refractivity (Wildman–Crippen MR) is 56.2 cm³/mol. The van der Waals surface area contributed by atoms with E-state index in [2.05, 4.69) is 4.98 Å². The largest absolute Gasteiger partial charge is 0.265 e. The maximum Gasteiger partial charge on any atom is 0.265 e. The molecule has 0 aromatic carbocycles. The standard InChI is InChI=1S/C8H7ClF2IN/c1-4-2-5(8(10)11)7(12)6(3-9)13-4/h2,8H,3H2,1H3. The summed E-state index contributed by atoms with van der Waals surface area (Å²) in [4.78, 5) is 4.06. The van der Waals surface area contributed by atoms with Gasteiger partial charge in [-0.15, -0.1) is 11.6 Å². The Morgan fingerprint density at radius 2 is 2.23 bits per heavy atom. The van der Waals surface area contributed by atoms with E-state index in [0.29, 0.717) is 15.0 Å². The predicted octanol–water partition coefficient (Wildman–Crippen LogP) is 3.67. The third-order valence-electron chi connectivity index (χ3n) is 1.54.